The number of rotatable bonds is 2. The third-order valence-corrected chi connectivity index (χ3v) is 4.40. The van der Waals surface area contributed by atoms with Crippen LogP contribution in [0.3, 0.4) is 0 Å². The Morgan fingerprint density at radius 3 is 2.44 bits per heavy atom. The second kappa shape index (κ2) is 8.00. The summed E-state index contributed by atoms with van der Waals surface area (Å²) in [6.07, 6.45) is 9.54. The van der Waals surface area contributed by atoms with E-state index in [2.05, 4.69) is 10.2 Å². The van der Waals surface area contributed by atoms with Crippen molar-refractivity contribution in [2.75, 3.05) is 20.1 Å². The fourth-order valence-electron chi connectivity index (χ4n) is 3.21. The molecule has 106 valence electrons. The van der Waals surface area contributed by atoms with Gasteiger partial charge in [-0.1, -0.05) is 19.3 Å². The number of nitrogens with one attached hydrogen (secondary N) is 1. The molecule has 1 atom stereocenters. The first kappa shape index (κ1) is 15.8. The van der Waals surface area contributed by atoms with Crippen LogP contribution in [0.4, 0.5) is 0 Å². The van der Waals surface area contributed by atoms with Gasteiger partial charge in [0.05, 0.1) is 0 Å². The van der Waals surface area contributed by atoms with Crippen molar-refractivity contribution < 1.29 is 4.79 Å². The number of amides is 1. The Morgan fingerprint density at radius 2 is 1.72 bits per heavy atom. The maximum Gasteiger partial charge on any atom is 0.225 e. The molecule has 0 aromatic heterocycles. The van der Waals surface area contributed by atoms with Crippen LogP contribution >= 0.6 is 12.4 Å². The first-order valence-electron chi connectivity index (χ1n) is 7.26. The predicted octanol–water partition coefficient (Wildman–Crippen LogP) is 2.59. The highest BCUT2D eigenvalue weighted by molar-refractivity contribution is 5.85. The molecule has 1 N–H and O–H groups in total. The molecule has 1 heterocycles. The van der Waals surface area contributed by atoms with E-state index in [1.54, 1.807) is 0 Å². The fraction of sp³-hybridized carbons (Fsp3) is 0.929. The van der Waals surface area contributed by atoms with Gasteiger partial charge in [0.2, 0.25) is 5.91 Å². The SMILES string of the molecule is CN(C(=O)C1CCCCC1)C1CCCNCC1.Cl. The molecular weight excluding hydrogens is 248 g/mol. The van der Waals surface area contributed by atoms with Crippen molar-refractivity contribution in [3.8, 4) is 0 Å². The van der Waals surface area contributed by atoms with Gasteiger partial charge in [0.15, 0.2) is 0 Å². The van der Waals surface area contributed by atoms with Crippen molar-refractivity contribution in [3.63, 3.8) is 0 Å². The predicted molar refractivity (Wildman–Crippen MR) is 77.1 cm³/mol. The van der Waals surface area contributed by atoms with Gasteiger partial charge in [-0.3, -0.25) is 4.79 Å². The lowest BCUT2D eigenvalue weighted by Crippen LogP contribution is -2.41. The fourth-order valence-corrected chi connectivity index (χ4v) is 3.21. The molecule has 0 aromatic carbocycles. The van der Waals surface area contributed by atoms with Gasteiger partial charge in [0.1, 0.15) is 0 Å². The molecule has 2 aliphatic rings. The van der Waals surface area contributed by atoms with E-state index in [0.717, 1.165) is 32.4 Å². The lowest BCUT2D eigenvalue weighted by atomic mass is 9.88. The summed E-state index contributed by atoms with van der Waals surface area (Å²) in [4.78, 5) is 14.5. The zero-order valence-electron chi connectivity index (χ0n) is 11.5. The molecule has 2 fully saturated rings. The molecule has 3 nitrogen and oxygen atoms in total. The Labute approximate surface area is 117 Å². The van der Waals surface area contributed by atoms with E-state index in [9.17, 15) is 4.79 Å². The van der Waals surface area contributed by atoms with Crippen molar-refractivity contribution in [3.05, 3.63) is 0 Å². The number of carbonyl (C=O) groups is 1. The van der Waals surface area contributed by atoms with E-state index in [0.29, 0.717) is 17.9 Å². The van der Waals surface area contributed by atoms with Crippen LogP contribution in [0.25, 0.3) is 0 Å². The zero-order valence-corrected chi connectivity index (χ0v) is 12.3. The summed E-state index contributed by atoms with van der Waals surface area (Å²) in [6, 6.07) is 0.472. The van der Waals surface area contributed by atoms with Crippen LogP contribution in [0.15, 0.2) is 0 Å². The number of halogens is 1. The first-order valence-corrected chi connectivity index (χ1v) is 7.26. The molecule has 0 spiro atoms. The van der Waals surface area contributed by atoms with Crippen LogP contribution in [-0.4, -0.2) is 37.0 Å². The maximum atomic E-state index is 12.4. The van der Waals surface area contributed by atoms with Gasteiger partial charge >= 0.3 is 0 Å². The van der Waals surface area contributed by atoms with Crippen molar-refractivity contribution in [1.82, 2.24) is 10.2 Å². The standard InChI is InChI=1S/C14H26N2O.ClH/c1-16(13-8-5-10-15-11-9-13)14(17)12-6-3-2-4-7-12;/h12-13,15H,2-11H2,1H3;1H. The molecule has 18 heavy (non-hydrogen) atoms. The lowest BCUT2D eigenvalue weighted by molar-refractivity contribution is -0.137. The lowest BCUT2D eigenvalue weighted by Gasteiger charge is -2.32. The Hall–Kier alpha value is -0.280. The minimum Gasteiger partial charge on any atom is -0.342 e. The summed E-state index contributed by atoms with van der Waals surface area (Å²) in [6.45, 7) is 2.18. The summed E-state index contributed by atoms with van der Waals surface area (Å²) in [7, 11) is 2.02. The van der Waals surface area contributed by atoms with Crippen LogP contribution in [-0.2, 0) is 4.79 Å². The summed E-state index contributed by atoms with van der Waals surface area (Å²) in [5.41, 5.74) is 0. The highest BCUT2D eigenvalue weighted by Gasteiger charge is 2.28. The third-order valence-electron chi connectivity index (χ3n) is 4.40. The summed E-state index contributed by atoms with van der Waals surface area (Å²) in [5.74, 6) is 0.738. The van der Waals surface area contributed by atoms with Gasteiger partial charge < -0.3 is 10.2 Å². The van der Waals surface area contributed by atoms with Crippen LogP contribution in [0.2, 0.25) is 0 Å². The highest BCUT2D eigenvalue weighted by Crippen LogP contribution is 2.26. The van der Waals surface area contributed by atoms with Crippen LogP contribution in [0.1, 0.15) is 51.4 Å². The molecule has 0 radical (unpaired) electrons. The van der Waals surface area contributed by atoms with E-state index < -0.39 is 0 Å². The summed E-state index contributed by atoms with van der Waals surface area (Å²) < 4.78 is 0. The van der Waals surface area contributed by atoms with Gasteiger partial charge in [-0.2, -0.15) is 0 Å². The highest BCUT2D eigenvalue weighted by atomic mass is 35.5. The molecular formula is C14H27ClN2O. The van der Waals surface area contributed by atoms with E-state index in [-0.39, 0.29) is 12.4 Å². The minimum absolute atomic E-state index is 0. The Kier molecular flexibility index (Phi) is 7.02. The molecule has 1 aliphatic heterocycles. The van der Waals surface area contributed by atoms with Crippen molar-refractivity contribution in [2.24, 2.45) is 5.92 Å². The van der Waals surface area contributed by atoms with Gasteiger partial charge in [-0.15, -0.1) is 12.4 Å². The van der Waals surface area contributed by atoms with E-state index >= 15 is 0 Å². The average molecular weight is 275 g/mol. The van der Waals surface area contributed by atoms with E-state index in [1.807, 2.05) is 7.05 Å². The maximum absolute atomic E-state index is 12.4. The van der Waals surface area contributed by atoms with Crippen molar-refractivity contribution in [1.29, 1.82) is 0 Å². The van der Waals surface area contributed by atoms with Crippen LogP contribution < -0.4 is 5.32 Å². The number of hydrogen-bond donors (Lipinski definition) is 1. The number of hydrogen-bond acceptors (Lipinski definition) is 2. The molecule has 2 rings (SSSR count). The van der Waals surface area contributed by atoms with Gasteiger partial charge in [0.25, 0.3) is 0 Å². The van der Waals surface area contributed by atoms with Gasteiger partial charge in [0, 0.05) is 19.0 Å². The summed E-state index contributed by atoms with van der Waals surface area (Å²) >= 11 is 0. The molecule has 1 unspecified atom stereocenters. The van der Waals surface area contributed by atoms with Crippen molar-refractivity contribution >= 4 is 18.3 Å². The van der Waals surface area contributed by atoms with Gasteiger partial charge in [-0.25, -0.2) is 0 Å². The summed E-state index contributed by atoms with van der Waals surface area (Å²) in [5, 5.41) is 3.41. The van der Waals surface area contributed by atoms with E-state index in [4.69, 9.17) is 0 Å². The van der Waals surface area contributed by atoms with Gasteiger partial charge in [-0.05, 0) is 45.2 Å². The normalized spacial score (nSPS) is 25.9. The number of nitrogens with zero attached hydrogens (tertiary/aromatic N) is 1. The second-order valence-corrected chi connectivity index (χ2v) is 5.62. The third kappa shape index (κ3) is 4.13. The van der Waals surface area contributed by atoms with Crippen molar-refractivity contribution in [2.45, 2.75) is 57.4 Å². The van der Waals surface area contributed by atoms with Crippen LogP contribution in [0, 0.1) is 5.92 Å². The molecule has 1 amide bonds. The first-order chi connectivity index (χ1) is 8.29. The van der Waals surface area contributed by atoms with Crippen LogP contribution in [0.5, 0.6) is 0 Å². The molecule has 0 aromatic rings. The Morgan fingerprint density at radius 1 is 1.00 bits per heavy atom. The largest absolute Gasteiger partial charge is 0.342 e. The molecule has 1 aliphatic carbocycles. The zero-order chi connectivity index (χ0) is 12.1. The topological polar surface area (TPSA) is 32.3 Å². The molecule has 4 heteroatoms. The monoisotopic (exact) mass is 274 g/mol. The molecule has 1 saturated heterocycles. The second-order valence-electron chi connectivity index (χ2n) is 5.62. The van der Waals surface area contributed by atoms with E-state index in [1.165, 1.54) is 32.1 Å². The Bertz CT molecular complexity index is 246. The minimum atomic E-state index is 0. The smallest absolute Gasteiger partial charge is 0.225 e. The quantitative estimate of drug-likeness (QED) is 0.839. The number of carbonyl (C=O) groups excluding carboxylic acids is 1. The average Bonchev–Trinajstić information content (AvgIpc) is 2.67. The molecule has 1 saturated carbocycles. The Balaban J connectivity index is 0.00000162. The molecule has 0 bridgehead atoms.